The van der Waals surface area contributed by atoms with Crippen LogP contribution in [0.1, 0.15) is 12.2 Å². The van der Waals surface area contributed by atoms with Crippen molar-refractivity contribution < 1.29 is 9.90 Å². The van der Waals surface area contributed by atoms with E-state index < -0.39 is 12.0 Å². The van der Waals surface area contributed by atoms with E-state index in [-0.39, 0.29) is 6.42 Å². The van der Waals surface area contributed by atoms with Crippen molar-refractivity contribution in [3.05, 3.63) is 18.1 Å². The zero-order valence-corrected chi connectivity index (χ0v) is 8.27. The SMILES string of the molecule is C#CCC(Nc1ccnc(C)n1)C(=O)O. The molecule has 0 fully saturated rings. The van der Waals surface area contributed by atoms with Crippen molar-refractivity contribution in [2.75, 3.05) is 5.32 Å². The Bertz CT molecular complexity index is 398. The fraction of sp³-hybridized carbons (Fsp3) is 0.300. The molecule has 2 N–H and O–H groups in total. The number of carboxylic acid groups (broad SMARTS) is 1. The van der Waals surface area contributed by atoms with E-state index in [1.807, 2.05) is 0 Å². The molecule has 5 heteroatoms. The molecule has 0 radical (unpaired) electrons. The number of aliphatic carboxylic acids is 1. The third-order valence-corrected chi connectivity index (χ3v) is 1.72. The van der Waals surface area contributed by atoms with Crippen LogP contribution in [0.4, 0.5) is 5.82 Å². The van der Waals surface area contributed by atoms with Crippen LogP contribution in [0.5, 0.6) is 0 Å². The molecule has 0 aliphatic carbocycles. The molecular weight excluding hydrogens is 194 g/mol. The number of anilines is 1. The van der Waals surface area contributed by atoms with Gasteiger partial charge >= 0.3 is 5.97 Å². The fourth-order valence-corrected chi connectivity index (χ4v) is 1.03. The number of terminal acetylenes is 1. The summed E-state index contributed by atoms with van der Waals surface area (Å²) in [6.07, 6.45) is 6.73. The summed E-state index contributed by atoms with van der Waals surface area (Å²) in [4.78, 5) is 18.7. The number of aromatic nitrogens is 2. The molecule has 1 heterocycles. The van der Waals surface area contributed by atoms with E-state index in [1.165, 1.54) is 0 Å². The maximum absolute atomic E-state index is 10.8. The fourth-order valence-electron chi connectivity index (χ4n) is 1.03. The highest BCUT2D eigenvalue weighted by atomic mass is 16.4. The van der Waals surface area contributed by atoms with Gasteiger partial charge in [-0.2, -0.15) is 0 Å². The molecule has 0 aliphatic rings. The zero-order chi connectivity index (χ0) is 11.3. The van der Waals surface area contributed by atoms with E-state index in [1.54, 1.807) is 19.2 Å². The summed E-state index contributed by atoms with van der Waals surface area (Å²) in [6.45, 7) is 1.72. The predicted molar refractivity (Wildman–Crippen MR) is 55.3 cm³/mol. The summed E-state index contributed by atoms with van der Waals surface area (Å²) in [6, 6.07) is 0.781. The second-order valence-corrected chi connectivity index (χ2v) is 2.93. The minimum atomic E-state index is -0.996. The summed E-state index contributed by atoms with van der Waals surface area (Å²) < 4.78 is 0. The lowest BCUT2D eigenvalue weighted by Crippen LogP contribution is -2.29. The Balaban J connectivity index is 2.75. The third kappa shape index (κ3) is 3.27. The topological polar surface area (TPSA) is 75.1 Å². The summed E-state index contributed by atoms with van der Waals surface area (Å²) >= 11 is 0. The highest BCUT2D eigenvalue weighted by Crippen LogP contribution is 2.05. The number of carbonyl (C=O) groups is 1. The van der Waals surface area contributed by atoms with Crippen LogP contribution in [0.15, 0.2) is 12.3 Å². The molecular formula is C10H11N3O2. The first-order valence-corrected chi connectivity index (χ1v) is 4.36. The van der Waals surface area contributed by atoms with Crippen LogP contribution in [0.3, 0.4) is 0 Å². The lowest BCUT2D eigenvalue weighted by atomic mass is 10.2. The Morgan fingerprint density at radius 1 is 1.80 bits per heavy atom. The molecule has 0 aromatic carbocycles. The van der Waals surface area contributed by atoms with E-state index in [4.69, 9.17) is 11.5 Å². The van der Waals surface area contributed by atoms with Crippen LogP contribution in [0.2, 0.25) is 0 Å². The van der Waals surface area contributed by atoms with Crippen LogP contribution in [-0.2, 0) is 4.79 Å². The zero-order valence-electron chi connectivity index (χ0n) is 8.27. The molecule has 0 bridgehead atoms. The van der Waals surface area contributed by atoms with Gasteiger partial charge in [0, 0.05) is 12.6 Å². The molecule has 1 rings (SSSR count). The van der Waals surface area contributed by atoms with Gasteiger partial charge in [0.25, 0.3) is 0 Å². The van der Waals surface area contributed by atoms with Gasteiger partial charge in [0.1, 0.15) is 17.7 Å². The molecule has 1 unspecified atom stereocenters. The first-order chi connectivity index (χ1) is 7.13. The minimum Gasteiger partial charge on any atom is -0.480 e. The van der Waals surface area contributed by atoms with Crippen molar-refractivity contribution in [1.29, 1.82) is 0 Å². The molecule has 0 amide bonds. The maximum atomic E-state index is 10.8. The number of rotatable bonds is 4. The lowest BCUT2D eigenvalue weighted by Gasteiger charge is -2.12. The molecule has 1 atom stereocenters. The molecule has 1 aromatic rings. The summed E-state index contributed by atoms with van der Waals surface area (Å²) in [5.41, 5.74) is 0. The van der Waals surface area contributed by atoms with Gasteiger partial charge in [-0.25, -0.2) is 14.8 Å². The predicted octanol–water partition coefficient (Wildman–Crippen LogP) is 0.673. The largest absolute Gasteiger partial charge is 0.480 e. The van der Waals surface area contributed by atoms with Gasteiger partial charge < -0.3 is 10.4 Å². The summed E-state index contributed by atoms with van der Waals surface area (Å²) in [5, 5.41) is 11.6. The average molecular weight is 205 g/mol. The normalized spacial score (nSPS) is 11.5. The molecule has 0 saturated carbocycles. The Morgan fingerprint density at radius 3 is 3.07 bits per heavy atom. The van der Waals surface area contributed by atoms with Crippen LogP contribution < -0.4 is 5.32 Å². The Morgan fingerprint density at radius 2 is 2.53 bits per heavy atom. The van der Waals surface area contributed by atoms with Gasteiger partial charge in [0.2, 0.25) is 0 Å². The average Bonchev–Trinajstić information content (AvgIpc) is 2.17. The van der Waals surface area contributed by atoms with Crippen molar-refractivity contribution in [3.63, 3.8) is 0 Å². The monoisotopic (exact) mass is 205 g/mol. The first-order valence-electron chi connectivity index (χ1n) is 4.36. The molecule has 78 valence electrons. The van der Waals surface area contributed by atoms with E-state index in [0.717, 1.165) is 0 Å². The Kier molecular flexibility index (Phi) is 3.63. The van der Waals surface area contributed by atoms with Gasteiger partial charge in [0.05, 0.1) is 0 Å². The minimum absolute atomic E-state index is 0.110. The third-order valence-electron chi connectivity index (χ3n) is 1.72. The smallest absolute Gasteiger partial charge is 0.327 e. The molecule has 1 aromatic heterocycles. The van der Waals surface area contributed by atoms with Crippen LogP contribution >= 0.6 is 0 Å². The second kappa shape index (κ2) is 4.96. The van der Waals surface area contributed by atoms with Crippen LogP contribution in [0.25, 0.3) is 0 Å². The van der Waals surface area contributed by atoms with Crippen LogP contribution in [0, 0.1) is 19.3 Å². The second-order valence-electron chi connectivity index (χ2n) is 2.93. The van der Waals surface area contributed by atoms with Gasteiger partial charge in [-0.3, -0.25) is 0 Å². The summed E-state index contributed by atoms with van der Waals surface area (Å²) in [7, 11) is 0. The van der Waals surface area contributed by atoms with Crippen LogP contribution in [-0.4, -0.2) is 27.1 Å². The molecule has 0 saturated heterocycles. The quantitative estimate of drug-likeness (QED) is 0.707. The highest BCUT2D eigenvalue weighted by Gasteiger charge is 2.15. The van der Waals surface area contributed by atoms with Gasteiger partial charge in [-0.15, -0.1) is 12.3 Å². The maximum Gasteiger partial charge on any atom is 0.327 e. The first kappa shape index (κ1) is 11.0. The van der Waals surface area contributed by atoms with Crippen molar-refractivity contribution in [1.82, 2.24) is 9.97 Å². The van der Waals surface area contributed by atoms with Gasteiger partial charge in [-0.05, 0) is 13.0 Å². The van der Waals surface area contributed by atoms with E-state index in [0.29, 0.717) is 11.6 Å². The van der Waals surface area contributed by atoms with Crippen molar-refractivity contribution in [3.8, 4) is 12.3 Å². The van der Waals surface area contributed by atoms with Gasteiger partial charge in [-0.1, -0.05) is 0 Å². The van der Waals surface area contributed by atoms with Crippen molar-refractivity contribution >= 4 is 11.8 Å². The number of hydrogen-bond acceptors (Lipinski definition) is 4. The van der Waals surface area contributed by atoms with Gasteiger partial charge in [0.15, 0.2) is 0 Å². The molecule has 5 nitrogen and oxygen atoms in total. The van der Waals surface area contributed by atoms with Crippen molar-refractivity contribution in [2.45, 2.75) is 19.4 Å². The number of aryl methyl sites for hydroxylation is 1. The van der Waals surface area contributed by atoms with E-state index in [9.17, 15) is 4.79 Å². The van der Waals surface area contributed by atoms with Crippen molar-refractivity contribution in [2.24, 2.45) is 0 Å². The number of carboxylic acids is 1. The molecule has 15 heavy (non-hydrogen) atoms. The number of nitrogens with one attached hydrogen (secondary N) is 1. The highest BCUT2D eigenvalue weighted by molar-refractivity contribution is 5.77. The molecule has 0 aliphatic heterocycles. The Labute approximate surface area is 87.6 Å². The Hall–Kier alpha value is -2.09. The number of hydrogen-bond donors (Lipinski definition) is 2. The number of nitrogens with zero attached hydrogens (tertiary/aromatic N) is 2. The molecule has 0 spiro atoms. The lowest BCUT2D eigenvalue weighted by molar-refractivity contribution is -0.137. The summed E-state index contributed by atoms with van der Waals surface area (Å²) in [5.74, 6) is 2.34. The van der Waals surface area contributed by atoms with E-state index >= 15 is 0 Å². The standard InChI is InChI=1S/C10H11N3O2/c1-3-4-8(10(14)15)13-9-5-6-11-7(2)12-9/h1,5-6,8H,4H2,2H3,(H,14,15)(H,11,12,13). The van der Waals surface area contributed by atoms with E-state index in [2.05, 4.69) is 21.2 Å².